The molecule has 12 nitrogen and oxygen atoms in total. The van der Waals surface area contributed by atoms with Crippen molar-refractivity contribution >= 4 is 35.8 Å². The number of carboxylic acid groups (broad SMARTS) is 3. The second kappa shape index (κ2) is 19.8. The van der Waals surface area contributed by atoms with E-state index in [1.54, 1.807) is 0 Å². The van der Waals surface area contributed by atoms with Gasteiger partial charge in [0.15, 0.2) is 0 Å². The quantitative estimate of drug-likeness (QED) is 0.0900. The molecule has 0 saturated heterocycles. The van der Waals surface area contributed by atoms with E-state index in [2.05, 4.69) is 51.7 Å². The Morgan fingerprint density at radius 2 is 0.769 bits per heavy atom. The first-order valence-corrected chi connectivity index (χ1v) is 14.5. The highest BCUT2D eigenvalue weighted by atomic mass is 16.4. The number of anilines is 3. The van der Waals surface area contributed by atoms with Crippen molar-refractivity contribution in [2.24, 2.45) is 0 Å². The average Bonchev–Trinajstić information content (AvgIpc) is 2.89. The lowest BCUT2D eigenvalue weighted by Gasteiger charge is -2.19. The van der Waals surface area contributed by atoms with Gasteiger partial charge in [0.1, 0.15) is 18.1 Å². The molecule has 0 saturated carbocycles. The third-order valence-corrected chi connectivity index (χ3v) is 6.48. The summed E-state index contributed by atoms with van der Waals surface area (Å²) in [4.78, 5) is 48.4. The van der Waals surface area contributed by atoms with E-state index in [9.17, 15) is 29.7 Å². The van der Waals surface area contributed by atoms with E-state index in [1.165, 1.54) is 0 Å². The van der Waals surface area contributed by atoms with E-state index in [1.807, 2.05) is 0 Å². The van der Waals surface area contributed by atoms with Crippen LogP contribution in [0.5, 0.6) is 0 Å². The Morgan fingerprint density at radius 1 is 0.513 bits per heavy atom. The van der Waals surface area contributed by atoms with Gasteiger partial charge < -0.3 is 31.3 Å². The van der Waals surface area contributed by atoms with Crippen LogP contribution in [0, 0.1) is 0 Å². The van der Waals surface area contributed by atoms with E-state index < -0.39 is 36.0 Å². The van der Waals surface area contributed by atoms with E-state index in [4.69, 9.17) is 0 Å². The Kier molecular flexibility index (Phi) is 17.2. The maximum atomic E-state index is 11.9. The Bertz CT molecular complexity index is 749. The van der Waals surface area contributed by atoms with Gasteiger partial charge in [-0.05, 0) is 19.3 Å². The number of nitrogens with zero attached hydrogens (tertiary/aromatic N) is 3. The summed E-state index contributed by atoms with van der Waals surface area (Å²) in [5, 5.41) is 37.7. The van der Waals surface area contributed by atoms with Gasteiger partial charge in [0.05, 0.1) is 0 Å². The van der Waals surface area contributed by atoms with E-state index >= 15 is 0 Å². The molecule has 0 spiro atoms. The van der Waals surface area contributed by atoms with Crippen LogP contribution in [0.25, 0.3) is 0 Å². The summed E-state index contributed by atoms with van der Waals surface area (Å²) < 4.78 is 0. The molecule has 12 heteroatoms. The van der Waals surface area contributed by atoms with E-state index in [0.717, 1.165) is 57.8 Å². The fourth-order valence-electron chi connectivity index (χ4n) is 4.13. The molecular formula is C27H48N6O6. The second-order valence-corrected chi connectivity index (χ2v) is 9.96. The largest absolute Gasteiger partial charge is 0.480 e. The monoisotopic (exact) mass is 552 g/mol. The molecule has 1 aromatic rings. The van der Waals surface area contributed by atoms with Gasteiger partial charge in [-0.15, -0.1) is 0 Å². The van der Waals surface area contributed by atoms with E-state index in [-0.39, 0.29) is 17.8 Å². The van der Waals surface area contributed by atoms with Crippen LogP contribution in [0.15, 0.2) is 0 Å². The summed E-state index contributed by atoms with van der Waals surface area (Å²) >= 11 is 0. The SMILES string of the molecule is CCCCCCC(Nc1nc(NC(CCCCCC)C(=O)O)nc(NC(CCCCCC)C(=O)O)n1)C(=O)O. The predicted molar refractivity (Wildman–Crippen MR) is 151 cm³/mol. The van der Waals surface area contributed by atoms with Crippen LogP contribution in [-0.4, -0.2) is 66.3 Å². The minimum absolute atomic E-state index is 0.0665. The molecule has 1 aromatic heterocycles. The highest BCUT2D eigenvalue weighted by Gasteiger charge is 2.24. The number of carboxylic acids is 3. The van der Waals surface area contributed by atoms with Gasteiger partial charge in [-0.1, -0.05) is 97.8 Å². The Labute approximate surface area is 231 Å². The van der Waals surface area contributed by atoms with Crippen molar-refractivity contribution in [2.75, 3.05) is 16.0 Å². The van der Waals surface area contributed by atoms with Gasteiger partial charge in [-0.3, -0.25) is 0 Å². The lowest BCUT2D eigenvalue weighted by molar-refractivity contribution is -0.139. The molecule has 3 atom stereocenters. The summed E-state index contributed by atoms with van der Waals surface area (Å²) in [7, 11) is 0. The van der Waals surface area contributed by atoms with E-state index in [0.29, 0.717) is 38.5 Å². The van der Waals surface area contributed by atoms with Crippen LogP contribution in [-0.2, 0) is 14.4 Å². The Hall–Kier alpha value is -3.18. The molecule has 0 radical (unpaired) electrons. The summed E-state index contributed by atoms with van der Waals surface area (Å²) in [5.74, 6) is -3.38. The number of aliphatic carboxylic acids is 3. The number of hydrogen-bond donors (Lipinski definition) is 6. The Morgan fingerprint density at radius 3 is 0.974 bits per heavy atom. The smallest absolute Gasteiger partial charge is 0.326 e. The maximum absolute atomic E-state index is 11.9. The lowest BCUT2D eigenvalue weighted by Crippen LogP contribution is -2.33. The van der Waals surface area contributed by atoms with Crippen molar-refractivity contribution < 1.29 is 29.7 Å². The second-order valence-electron chi connectivity index (χ2n) is 9.96. The van der Waals surface area contributed by atoms with Gasteiger partial charge in [0.25, 0.3) is 0 Å². The van der Waals surface area contributed by atoms with Gasteiger partial charge in [-0.2, -0.15) is 15.0 Å². The van der Waals surface area contributed by atoms with Gasteiger partial charge in [-0.25, -0.2) is 14.4 Å². The first-order chi connectivity index (χ1) is 18.7. The molecule has 1 heterocycles. The molecule has 0 aliphatic carbocycles. The molecule has 0 bridgehead atoms. The van der Waals surface area contributed by atoms with Crippen LogP contribution in [0.2, 0.25) is 0 Å². The summed E-state index contributed by atoms with van der Waals surface area (Å²) in [6.45, 7) is 6.22. The molecule has 0 aliphatic rings. The normalized spacial score (nSPS) is 13.3. The van der Waals surface area contributed by atoms with Crippen LogP contribution in [0.4, 0.5) is 17.8 Å². The fraction of sp³-hybridized carbons (Fsp3) is 0.778. The van der Waals surface area contributed by atoms with Crippen molar-refractivity contribution in [1.82, 2.24) is 15.0 Å². The van der Waals surface area contributed by atoms with Crippen molar-refractivity contribution in [2.45, 2.75) is 135 Å². The molecule has 3 unspecified atom stereocenters. The van der Waals surface area contributed by atoms with Gasteiger partial charge in [0.2, 0.25) is 17.8 Å². The standard InChI is InChI=1S/C27H48N6O6/c1-4-7-10-13-16-19(22(34)35)28-25-31-26(29-20(23(36)37)17-14-11-8-5-2)33-27(32-25)30-21(24(38)39)18-15-12-9-6-3/h19-21H,4-18H2,1-3H3,(H,34,35)(H,36,37)(H,38,39)(H3,28,29,30,31,32,33). The van der Waals surface area contributed by atoms with Crippen molar-refractivity contribution in [3.05, 3.63) is 0 Å². The molecule has 6 N–H and O–H groups in total. The first kappa shape index (κ1) is 33.8. The summed E-state index contributed by atoms with van der Waals surface area (Å²) in [6.07, 6.45) is 12.0. The van der Waals surface area contributed by atoms with Crippen LogP contribution >= 0.6 is 0 Å². The molecule has 1 rings (SSSR count). The number of unbranched alkanes of at least 4 members (excludes halogenated alkanes) is 9. The number of rotatable bonds is 24. The van der Waals surface area contributed by atoms with Crippen molar-refractivity contribution in [3.8, 4) is 0 Å². The number of aromatic nitrogens is 3. The minimum Gasteiger partial charge on any atom is -0.480 e. The molecule has 222 valence electrons. The molecule has 0 amide bonds. The van der Waals surface area contributed by atoms with Crippen LogP contribution in [0.1, 0.15) is 117 Å². The molecule has 0 fully saturated rings. The Balaban J connectivity index is 3.19. The molecule has 0 aliphatic heterocycles. The zero-order valence-corrected chi connectivity index (χ0v) is 23.7. The van der Waals surface area contributed by atoms with Gasteiger partial charge in [0, 0.05) is 0 Å². The van der Waals surface area contributed by atoms with Gasteiger partial charge >= 0.3 is 17.9 Å². The fourth-order valence-corrected chi connectivity index (χ4v) is 4.13. The third-order valence-electron chi connectivity index (χ3n) is 6.48. The summed E-state index contributed by atoms with van der Waals surface area (Å²) in [6, 6.07) is -2.88. The van der Waals surface area contributed by atoms with Crippen molar-refractivity contribution in [1.29, 1.82) is 0 Å². The molecule has 39 heavy (non-hydrogen) atoms. The first-order valence-electron chi connectivity index (χ1n) is 14.5. The van der Waals surface area contributed by atoms with Crippen LogP contribution in [0.3, 0.4) is 0 Å². The molecular weight excluding hydrogens is 504 g/mol. The zero-order valence-electron chi connectivity index (χ0n) is 23.7. The number of carbonyl (C=O) groups is 3. The number of hydrogen-bond acceptors (Lipinski definition) is 9. The maximum Gasteiger partial charge on any atom is 0.326 e. The molecule has 0 aromatic carbocycles. The van der Waals surface area contributed by atoms with Crippen LogP contribution < -0.4 is 16.0 Å². The summed E-state index contributed by atoms with van der Waals surface area (Å²) in [5.41, 5.74) is 0. The number of nitrogens with one attached hydrogen (secondary N) is 3. The minimum atomic E-state index is -1.06. The average molecular weight is 553 g/mol. The highest BCUT2D eigenvalue weighted by Crippen LogP contribution is 2.18. The third kappa shape index (κ3) is 14.5. The zero-order chi connectivity index (χ0) is 29.0. The highest BCUT2D eigenvalue weighted by molar-refractivity contribution is 5.78. The lowest BCUT2D eigenvalue weighted by atomic mass is 10.1. The predicted octanol–water partition coefficient (Wildman–Crippen LogP) is 5.38. The topological polar surface area (TPSA) is 187 Å². The van der Waals surface area contributed by atoms with Crippen molar-refractivity contribution in [3.63, 3.8) is 0 Å².